The molecule has 0 bridgehead atoms. The molecular formula is C8H15BrO2. The molecule has 0 aliphatic heterocycles. The van der Waals surface area contributed by atoms with Crippen LogP contribution in [0.1, 0.15) is 39.5 Å². The molecule has 11 heavy (non-hydrogen) atoms. The molecule has 0 saturated heterocycles. The van der Waals surface area contributed by atoms with Crippen molar-refractivity contribution in [3.63, 3.8) is 0 Å². The summed E-state index contributed by atoms with van der Waals surface area (Å²) in [6, 6.07) is 0. The van der Waals surface area contributed by atoms with E-state index < -0.39 is 5.97 Å². The van der Waals surface area contributed by atoms with E-state index in [-0.39, 0.29) is 10.7 Å². The van der Waals surface area contributed by atoms with E-state index in [1.54, 1.807) is 0 Å². The molecule has 3 heteroatoms. The minimum atomic E-state index is -0.725. The van der Waals surface area contributed by atoms with Crippen LogP contribution in [-0.2, 0) is 4.79 Å². The Labute approximate surface area is 76.1 Å². The molecule has 1 unspecified atom stereocenters. The van der Waals surface area contributed by atoms with Crippen molar-refractivity contribution in [2.24, 2.45) is 0 Å². The minimum absolute atomic E-state index is 0.173. The number of aliphatic carboxylic acids is 1. The molecule has 0 aromatic carbocycles. The number of halogens is 1. The average molecular weight is 223 g/mol. The third kappa shape index (κ3) is 4.40. The lowest BCUT2D eigenvalue weighted by atomic mass is 9.97. The van der Waals surface area contributed by atoms with Gasteiger partial charge >= 0.3 is 5.97 Å². The van der Waals surface area contributed by atoms with Gasteiger partial charge in [-0.1, -0.05) is 36.2 Å². The van der Waals surface area contributed by atoms with Crippen molar-refractivity contribution in [3.8, 4) is 0 Å². The summed E-state index contributed by atoms with van der Waals surface area (Å²) >= 11 is 3.46. The normalized spacial score (nSPS) is 15.9. The molecule has 0 aliphatic carbocycles. The van der Waals surface area contributed by atoms with Crippen molar-refractivity contribution in [2.75, 3.05) is 0 Å². The predicted octanol–water partition coefficient (Wildman–Crippen LogP) is 2.80. The Bertz CT molecular complexity index is 136. The van der Waals surface area contributed by atoms with Crippen LogP contribution in [0.5, 0.6) is 0 Å². The fourth-order valence-corrected chi connectivity index (χ4v) is 1.75. The highest BCUT2D eigenvalue weighted by atomic mass is 79.9. The van der Waals surface area contributed by atoms with E-state index in [0.29, 0.717) is 0 Å². The van der Waals surface area contributed by atoms with Crippen molar-refractivity contribution in [1.29, 1.82) is 0 Å². The summed E-state index contributed by atoms with van der Waals surface area (Å²) in [5.41, 5.74) is 0. The molecule has 0 fully saturated rings. The zero-order valence-corrected chi connectivity index (χ0v) is 8.65. The second-order valence-corrected chi connectivity index (χ2v) is 4.51. The van der Waals surface area contributed by atoms with Crippen LogP contribution < -0.4 is 0 Å². The zero-order chi connectivity index (χ0) is 8.91. The first-order valence-corrected chi connectivity index (χ1v) is 4.74. The van der Waals surface area contributed by atoms with Crippen LogP contribution in [0.25, 0.3) is 0 Å². The van der Waals surface area contributed by atoms with E-state index >= 15 is 0 Å². The van der Waals surface area contributed by atoms with Gasteiger partial charge < -0.3 is 5.11 Å². The molecule has 0 aliphatic rings. The maximum atomic E-state index is 10.4. The SMILES string of the molecule is CCCC(Br)(CC)CC(=O)O. The van der Waals surface area contributed by atoms with Crippen LogP contribution in [0.15, 0.2) is 0 Å². The number of alkyl halides is 1. The van der Waals surface area contributed by atoms with Crippen LogP contribution in [0.3, 0.4) is 0 Å². The second kappa shape index (κ2) is 4.75. The molecule has 0 aromatic heterocycles. The monoisotopic (exact) mass is 222 g/mol. The quantitative estimate of drug-likeness (QED) is 0.727. The lowest BCUT2D eigenvalue weighted by Gasteiger charge is -2.22. The van der Waals surface area contributed by atoms with E-state index in [0.717, 1.165) is 19.3 Å². The van der Waals surface area contributed by atoms with Gasteiger partial charge in [0.1, 0.15) is 0 Å². The van der Waals surface area contributed by atoms with Gasteiger partial charge in [-0.2, -0.15) is 0 Å². The lowest BCUT2D eigenvalue weighted by Crippen LogP contribution is -2.23. The number of carboxylic acids is 1. The summed E-state index contributed by atoms with van der Waals surface area (Å²) in [5, 5.41) is 8.58. The second-order valence-electron chi connectivity index (χ2n) is 2.82. The smallest absolute Gasteiger partial charge is 0.304 e. The molecule has 0 heterocycles. The predicted molar refractivity (Wildman–Crippen MR) is 49.1 cm³/mol. The number of carbonyl (C=O) groups is 1. The zero-order valence-electron chi connectivity index (χ0n) is 7.06. The van der Waals surface area contributed by atoms with Crippen molar-refractivity contribution < 1.29 is 9.90 Å². The molecule has 0 rings (SSSR count). The maximum Gasteiger partial charge on any atom is 0.304 e. The number of hydrogen-bond donors (Lipinski definition) is 1. The van der Waals surface area contributed by atoms with Gasteiger partial charge in [-0.25, -0.2) is 0 Å². The summed E-state index contributed by atoms with van der Waals surface area (Å²) in [5.74, 6) is -0.725. The first kappa shape index (κ1) is 11.0. The Morgan fingerprint density at radius 1 is 1.55 bits per heavy atom. The van der Waals surface area contributed by atoms with E-state index in [1.165, 1.54) is 0 Å². The third-order valence-corrected chi connectivity index (χ3v) is 3.04. The number of hydrogen-bond acceptors (Lipinski definition) is 1. The fourth-order valence-electron chi connectivity index (χ4n) is 1.11. The van der Waals surface area contributed by atoms with Crippen LogP contribution >= 0.6 is 15.9 Å². The van der Waals surface area contributed by atoms with Crippen molar-refractivity contribution in [3.05, 3.63) is 0 Å². The largest absolute Gasteiger partial charge is 0.481 e. The summed E-state index contributed by atoms with van der Waals surface area (Å²) in [6.07, 6.45) is 3.03. The Balaban J connectivity index is 3.98. The highest BCUT2D eigenvalue weighted by Crippen LogP contribution is 2.31. The van der Waals surface area contributed by atoms with E-state index in [9.17, 15) is 4.79 Å². The molecule has 0 spiro atoms. The molecule has 0 amide bonds. The van der Waals surface area contributed by atoms with Gasteiger partial charge in [-0.3, -0.25) is 4.79 Å². The molecule has 0 saturated carbocycles. The van der Waals surface area contributed by atoms with Crippen molar-refractivity contribution in [2.45, 2.75) is 43.9 Å². The molecule has 0 aromatic rings. The topological polar surface area (TPSA) is 37.3 Å². The van der Waals surface area contributed by atoms with Crippen molar-refractivity contribution >= 4 is 21.9 Å². The van der Waals surface area contributed by atoms with Gasteiger partial charge in [-0.15, -0.1) is 0 Å². The molecule has 1 N–H and O–H groups in total. The van der Waals surface area contributed by atoms with Crippen LogP contribution in [0, 0.1) is 0 Å². The first-order valence-electron chi connectivity index (χ1n) is 3.95. The Hall–Kier alpha value is -0.0500. The molecule has 0 radical (unpaired) electrons. The summed E-state index contributed by atoms with van der Waals surface area (Å²) in [6.45, 7) is 4.07. The van der Waals surface area contributed by atoms with Crippen LogP contribution in [0.4, 0.5) is 0 Å². The van der Waals surface area contributed by atoms with E-state index in [1.807, 2.05) is 6.92 Å². The first-order chi connectivity index (χ1) is 5.04. The molecule has 2 nitrogen and oxygen atoms in total. The highest BCUT2D eigenvalue weighted by molar-refractivity contribution is 9.10. The third-order valence-electron chi connectivity index (χ3n) is 1.80. The van der Waals surface area contributed by atoms with E-state index in [2.05, 4.69) is 22.9 Å². The van der Waals surface area contributed by atoms with Gasteiger partial charge in [-0.05, 0) is 12.8 Å². The van der Waals surface area contributed by atoms with Gasteiger partial charge in [0, 0.05) is 4.32 Å². The summed E-state index contributed by atoms with van der Waals surface area (Å²) in [4.78, 5) is 10.4. The number of carboxylic acid groups (broad SMARTS) is 1. The van der Waals surface area contributed by atoms with Crippen molar-refractivity contribution in [1.82, 2.24) is 0 Å². The highest BCUT2D eigenvalue weighted by Gasteiger charge is 2.26. The minimum Gasteiger partial charge on any atom is -0.481 e. The summed E-state index contributed by atoms with van der Waals surface area (Å²) in [7, 11) is 0. The Morgan fingerprint density at radius 2 is 2.09 bits per heavy atom. The van der Waals surface area contributed by atoms with Crippen LogP contribution in [-0.4, -0.2) is 15.4 Å². The average Bonchev–Trinajstić information content (AvgIpc) is 1.87. The lowest BCUT2D eigenvalue weighted by molar-refractivity contribution is -0.137. The molecular weight excluding hydrogens is 208 g/mol. The standard InChI is InChI=1S/C8H15BrO2/c1-3-5-8(9,4-2)6-7(10)11/h3-6H2,1-2H3,(H,10,11). The summed E-state index contributed by atoms with van der Waals surface area (Å²) < 4.78 is -0.173. The Kier molecular flexibility index (Phi) is 4.73. The molecule has 66 valence electrons. The van der Waals surface area contributed by atoms with Gasteiger partial charge in [0.25, 0.3) is 0 Å². The van der Waals surface area contributed by atoms with Gasteiger partial charge in [0.2, 0.25) is 0 Å². The van der Waals surface area contributed by atoms with Gasteiger partial charge in [0.05, 0.1) is 6.42 Å². The fraction of sp³-hybridized carbons (Fsp3) is 0.875. The van der Waals surface area contributed by atoms with Gasteiger partial charge in [0.15, 0.2) is 0 Å². The molecule has 1 atom stereocenters. The van der Waals surface area contributed by atoms with Crippen LogP contribution in [0.2, 0.25) is 0 Å². The maximum absolute atomic E-state index is 10.4. The number of rotatable bonds is 5. The Morgan fingerprint density at radius 3 is 2.36 bits per heavy atom. The van der Waals surface area contributed by atoms with E-state index in [4.69, 9.17) is 5.11 Å².